The smallest absolute Gasteiger partial charge is 0.249 e. The molecule has 0 saturated heterocycles. The van der Waals surface area contributed by atoms with Crippen molar-refractivity contribution in [3.8, 4) is 0 Å². The van der Waals surface area contributed by atoms with Gasteiger partial charge in [-0.3, -0.25) is 4.79 Å². The third kappa shape index (κ3) is 2.97. The number of amides is 1. The lowest BCUT2D eigenvalue weighted by molar-refractivity contribution is 0.0997. The molecule has 0 spiro atoms. The van der Waals surface area contributed by atoms with E-state index in [2.05, 4.69) is 0 Å². The van der Waals surface area contributed by atoms with Crippen molar-refractivity contribution < 1.29 is 4.79 Å². The van der Waals surface area contributed by atoms with E-state index in [0.29, 0.717) is 16.3 Å². The molecule has 0 aliphatic carbocycles. The molecule has 0 unspecified atom stereocenters. The van der Waals surface area contributed by atoms with Crippen molar-refractivity contribution in [3.63, 3.8) is 0 Å². The number of benzene rings is 2. The summed E-state index contributed by atoms with van der Waals surface area (Å²) >= 11 is 7.32. The van der Waals surface area contributed by atoms with Gasteiger partial charge in [0.2, 0.25) is 5.91 Å². The maximum atomic E-state index is 11.3. The van der Waals surface area contributed by atoms with Gasteiger partial charge in [0.15, 0.2) is 0 Å². The lowest BCUT2D eigenvalue weighted by Crippen LogP contribution is -2.12. The quantitative estimate of drug-likeness (QED) is 0.847. The van der Waals surface area contributed by atoms with E-state index in [-0.39, 0.29) is 0 Å². The van der Waals surface area contributed by atoms with Gasteiger partial charge in [-0.2, -0.15) is 0 Å². The van der Waals surface area contributed by atoms with E-state index in [4.69, 9.17) is 23.1 Å². The number of nitrogens with two attached hydrogens (primary N) is 2. The fraction of sp³-hybridized carbons (Fsp3) is 0. The minimum atomic E-state index is -0.473. The summed E-state index contributed by atoms with van der Waals surface area (Å²) in [5.41, 5.74) is 12.1. The first-order valence-electron chi connectivity index (χ1n) is 5.19. The van der Waals surface area contributed by atoms with Gasteiger partial charge in [0, 0.05) is 20.5 Å². The predicted molar refractivity (Wildman–Crippen MR) is 74.9 cm³/mol. The average molecular weight is 279 g/mol. The van der Waals surface area contributed by atoms with E-state index in [1.807, 2.05) is 18.2 Å². The van der Waals surface area contributed by atoms with Crippen LogP contribution < -0.4 is 11.5 Å². The van der Waals surface area contributed by atoms with E-state index < -0.39 is 5.91 Å². The van der Waals surface area contributed by atoms with Crippen molar-refractivity contribution in [2.24, 2.45) is 5.73 Å². The molecule has 0 saturated carbocycles. The Morgan fingerprint density at radius 1 is 1.17 bits per heavy atom. The number of carbonyl (C=O) groups excluding carboxylic acids is 1. The zero-order valence-electron chi connectivity index (χ0n) is 9.39. The minimum Gasteiger partial charge on any atom is -0.399 e. The molecular weight excluding hydrogens is 268 g/mol. The van der Waals surface area contributed by atoms with Crippen LogP contribution in [-0.2, 0) is 0 Å². The van der Waals surface area contributed by atoms with Crippen LogP contribution in [0.25, 0.3) is 0 Å². The Kier molecular flexibility index (Phi) is 3.79. The van der Waals surface area contributed by atoms with Gasteiger partial charge in [0.1, 0.15) is 0 Å². The van der Waals surface area contributed by atoms with Gasteiger partial charge in [0.25, 0.3) is 0 Å². The summed E-state index contributed by atoms with van der Waals surface area (Å²) in [7, 11) is 0. The van der Waals surface area contributed by atoms with Crippen LogP contribution in [0.1, 0.15) is 10.4 Å². The van der Waals surface area contributed by atoms with Crippen LogP contribution in [-0.4, -0.2) is 5.91 Å². The first kappa shape index (κ1) is 12.8. The third-order valence-corrected chi connectivity index (χ3v) is 3.58. The molecule has 2 aromatic rings. The largest absolute Gasteiger partial charge is 0.399 e. The minimum absolute atomic E-state index is 0.453. The molecule has 92 valence electrons. The topological polar surface area (TPSA) is 69.1 Å². The summed E-state index contributed by atoms with van der Waals surface area (Å²) in [4.78, 5) is 13.0. The van der Waals surface area contributed by atoms with Gasteiger partial charge in [-0.15, -0.1) is 0 Å². The highest BCUT2D eigenvalue weighted by Gasteiger charge is 2.10. The lowest BCUT2D eigenvalue weighted by Gasteiger charge is -2.07. The molecule has 0 aromatic heterocycles. The van der Waals surface area contributed by atoms with E-state index in [9.17, 15) is 4.79 Å². The predicted octanol–water partition coefficient (Wildman–Crippen LogP) is 3.17. The fourth-order valence-electron chi connectivity index (χ4n) is 1.48. The molecule has 4 N–H and O–H groups in total. The zero-order chi connectivity index (χ0) is 13.1. The van der Waals surface area contributed by atoms with Gasteiger partial charge >= 0.3 is 0 Å². The molecule has 0 radical (unpaired) electrons. The van der Waals surface area contributed by atoms with Crippen LogP contribution in [0, 0.1) is 0 Å². The summed E-state index contributed by atoms with van der Waals surface area (Å²) in [6.07, 6.45) is 0. The Bertz CT molecular complexity index is 601. The SMILES string of the molecule is NC(=O)c1ccc(N)cc1Sc1cccc(Cl)c1. The van der Waals surface area contributed by atoms with Crippen LogP contribution in [0.4, 0.5) is 5.69 Å². The Hall–Kier alpha value is -1.65. The number of hydrogen-bond acceptors (Lipinski definition) is 3. The second-order valence-corrected chi connectivity index (χ2v) is 5.23. The summed E-state index contributed by atoms with van der Waals surface area (Å²) < 4.78 is 0. The fourth-order valence-corrected chi connectivity index (χ4v) is 2.80. The van der Waals surface area contributed by atoms with E-state index in [1.54, 1.807) is 24.3 Å². The van der Waals surface area contributed by atoms with E-state index in [1.165, 1.54) is 11.8 Å². The highest BCUT2D eigenvalue weighted by molar-refractivity contribution is 7.99. The van der Waals surface area contributed by atoms with Crippen LogP contribution in [0.3, 0.4) is 0 Å². The molecule has 3 nitrogen and oxygen atoms in total. The standard InChI is InChI=1S/C13H11ClN2OS/c14-8-2-1-3-10(6-8)18-12-7-9(15)4-5-11(12)13(16)17/h1-7H,15H2,(H2,16,17). The number of rotatable bonds is 3. The Labute approximate surface area is 114 Å². The monoisotopic (exact) mass is 278 g/mol. The second-order valence-electron chi connectivity index (χ2n) is 3.68. The summed E-state index contributed by atoms with van der Waals surface area (Å²) in [6.45, 7) is 0. The van der Waals surface area contributed by atoms with Crippen molar-refractivity contribution >= 4 is 35.0 Å². The van der Waals surface area contributed by atoms with E-state index >= 15 is 0 Å². The van der Waals surface area contributed by atoms with Crippen molar-refractivity contribution in [2.75, 3.05) is 5.73 Å². The van der Waals surface area contributed by atoms with Crippen LogP contribution in [0.2, 0.25) is 5.02 Å². The molecular formula is C13H11ClN2OS. The molecule has 1 amide bonds. The van der Waals surface area contributed by atoms with Gasteiger partial charge in [0.05, 0.1) is 5.56 Å². The first-order chi connectivity index (χ1) is 8.56. The highest BCUT2D eigenvalue weighted by atomic mass is 35.5. The lowest BCUT2D eigenvalue weighted by atomic mass is 10.2. The molecule has 5 heteroatoms. The first-order valence-corrected chi connectivity index (χ1v) is 6.38. The molecule has 0 bridgehead atoms. The Balaban J connectivity index is 2.39. The number of anilines is 1. The van der Waals surface area contributed by atoms with E-state index in [0.717, 1.165) is 9.79 Å². The van der Waals surface area contributed by atoms with Crippen molar-refractivity contribution in [1.29, 1.82) is 0 Å². The molecule has 2 aromatic carbocycles. The number of primary amides is 1. The summed E-state index contributed by atoms with van der Waals surface area (Å²) in [6, 6.07) is 12.4. The highest BCUT2D eigenvalue weighted by Crippen LogP contribution is 2.32. The molecule has 0 fully saturated rings. The number of halogens is 1. The maximum Gasteiger partial charge on any atom is 0.249 e. The van der Waals surface area contributed by atoms with Gasteiger partial charge in [-0.05, 0) is 36.4 Å². The molecule has 0 atom stereocenters. The summed E-state index contributed by atoms with van der Waals surface area (Å²) in [5, 5.41) is 0.643. The Morgan fingerprint density at radius 2 is 1.94 bits per heavy atom. The molecule has 0 heterocycles. The average Bonchev–Trinajstić information content (AvgIpc) is 2.28. The number of nitrogen functional groups attached to an aromatic ring is 1. The number of carbonyl (C=O) groups is 1. The number of hydrogen-bond donors (Lipinski definition) is 2. The van der Waals surface area contributed by atoms with Crippen LogP contribution >= 0.6 is 23.4 Å². The molecule has 0 aliphatic heterocycles. The maximum absolute atomic E-state index is 11.3. The second kappa shape index (κ2) is 5.33. The van der Waals surface area contributed by atoms with Gasteiger partial charge in [-0.1, -0.05) is 29.4 Å². The van der Waals surface area contributed by atoms with Crippen molar-refractivity contribution in [1.82, 2.24) is 0 Å². The summed E-state index contributed by atoms with van der Waals surface area (Å²) in [5.74, 6) is -0.473. The third-order valence-electron chi connectivity index (χ3n) is 2.30. The van der Waals surface area contributed by atoms with Crippen molar-refractivity contribution in [3.05, 3.63) is 53.1 Å². The van der Waals surface area contributed by atoms with Crippen LogP contribution in [0.5, 0.6) is 0 Å². The van der Waals surface area contributed by atoms with Gasteiger partial charge in [-0.25, -0.2) is 0 Å². The Morgan fingerprint density at radius 3 is 2.61 bits per heavy atom. The molecule has 18 heavy (non-hydrogen) atoms. The molecule has 0 aliphatic rings. The van der Waals surface area contributed by atoms with Crippen molar-refractivity contribution in [2.45, 2.75) is 9.79 Å². The van der Waals surface area contributed by atoms with Crippen LogP contribution in [0.15, 0.2) is 52.3 Å². The zero-order valence-corrected chi connectivity index (χ0v) is 11.0. The van der Waals surface area contributed by atoms with Gasteiger partial charge < -0.3 is 11.5 Å². The normalized spacial score (nSPS) is 10.3. The molecule has 2 rings (SSSR count).